The number of carbonyl (C=O) groups is 1. The van der Waals surface area contributed by atoms with Crippen LogP contribution in [0, 0.1) is 0 Å². The Morgan fingerprint density at radius 3 is 2.80 bits per heavy atom. The molecule has 1 N–H and O–H groups in total. The molecule has 1 aromatic carbocycles. The van der Waals surface area contributed by atoms with Crippen molar-refractivity contribution in [3.05, 3.63) is 59.8 Å². The molecule has 25 heavy (non-hydrogen) atoms. The van der Waals surface area contributed by atoms with E-state index in [-0.39, 0.29) is 11.7 Å². The molecule has 1 aromatic rings. The molecule has 0 spiro atoms. The zero-order valence-corrected chi connectivity index (χ0v) is 14.9. The normalized spacial score (nSPS) is 19.5. The summed E-state index contributed by atoms with van der Waals surface area (Å²) in [7, 11) is -3.38. The first-order chi connectivity index (χ1) is 11.9. The van der Waals surface area contributed by atoms with Crippen LogP contribution in [0.25, 0.3) is 0 Å². The second-order valence-electron chi connectivity index (χ2n) is 6.20. The summed E-state index contributed by atoms with van der Waals surface area (Å²) in [6, 6.07) is 10.2. The average molecular weight is 359 g/mol. The Balaban J connectivity index is 1.55. The summed E-state index contributed by atoms with van der Waals surface area (Å²) >= 11 is 0. The smallest absolute Gasteiger partial charge is 0.256 e. The lowest BCUT2D eigenvalue weighted by Crippen LogP contribution is -2.38. The molecular weight excluding hydrogens is 338 g/mol. The van der Waals surface area contributed by atoms with Crippen molar-refractivity contribution in [3.8, 4) is 0 Å². The SMILES string of the molecule is C[C@H](CCNC(=O)C1=CN2CCS(=O)(=O)N=C2C=C1)c1ccccc1. The van der Waals surface area contributed by atoms with E-state index >= 15 is 0 Å². The highest BCUT2D eigenvalue weighted by Crippen LogP contribution is 2.18. The maximum absolute atomic E-state index is 12.3. The van der Waals surface area contributed by atoms with Gasteiger partial charge in [-0.1, -0.05) is 37.3 Å². The van der Waals surface area contributed by atoms with Crippen molar-refractivity contribution in [2.75, 3.05) is 18.8 Å². The zero-order chi connectivity index (χ0) is 17.9. The average Bonchev–Trinajstić information content (AvgIpc) is 2.61. The van der Waals surface area contributed by atoms with Crippen molar-refractivity contribution in [1.29, 1.82) is 0 Å². The first-order valence-corrected chi connectivity index (χ1v) is 9.88. The van der Waals surface area contributed by atoms with Crippen molar-refractivity contribution >= 4 is 21.8 Å². The van der Waals surface area contributed by atoms with Crippen molar-refractivity contribution in [3.63, 3.8) is 0 Å². The molecule has 0 saturated carbocycles. The molecule has 0 aliphatic carbocycles. The number of benzene rings is 1. The van der Waals surface area contributed by atoms with Crippen LogP contribution in [0.15, 0.2) is 58.7 Å². The van der Waals surface area contributed by atoms with Crippen LogP contribution in [0.5, 0.6) is 0 Å². The van der Waals surface area contributed by atoms with Gasteiger partial charge in [-0.15, -0.1) is 4.40 Å². The number of amides is 1. The van der Waals surface area contributed by atoms with Gasteiger partial charge >= 0.3 is 0 Å². The molecule has 0 aromatic heterocycles. The van der Waals surface area contributed by atoms with E-state index in [2.05, 4.69) is 28.8 Å². The van der Waals surface area contributed by atoms with Gasteiger partial charge in [0.15, 0.2) is 0 Å². The highest BCUT2D eigenvalue weighted by molar-refractivity contribution is 7.90. The monoisotopic (exact) mass is 359 g/mol. The zero-order valence-electron chi connectivity index (χ0n) is 14.1. The van der Waals surface area contributed by atoms with Gasteiger partial charge in [-0.25, -0.2) is 8.42 Å². The number of hydrogen-bond acceptors (Lipinski definition) is 4. The van der Waals surface area contributed by atoms with Crippen LogP contribution in [-0.2, 0) is 14.8 Å². The summed E-state index contributed by atoms with van der Waals surface area (Å²) in [5.74, 6) is 0.526. The second kappa shape index (κ2) is 7.23. The molecule has 0 unspecified atom stereocenters. The first kappa shape index (κ1) is 17.4. The summed E-state index contributed by atoms with van der Waals surface area (Å²) in [6.45, 7) is 3.03. The number of sulfonamides is 1. The third-order valence-corrected chi connectivity index (χ3v) is 5.48. The Morgan fingerprint density at radius 2 is 2.04 bits per heavy atom. The fourth-order valence-corrected chi connectivity index (χ4v) is 3.76. The molecule has 0 fully saturated rings. The number of carbonyl (C=O) groups excluding carboxylic acids is 1. The van der Waals surface area contributed by atoms with Gasteiger partial charge in [0, 0.05) is 19.3 Å². The van der Waals surface area contributed by atoms with Gasteiger partial charge in [0.25, 0.3) is 15.9 Å². The van der Waals surface area contributed by atoms with Gasteiger partial charge in [-0.05, 0) is 30.1 Å². The van der Waals surface area contributed by atoms with Crippen molar-refractivity contribution < 1.29 is 13.2 Å². The predicted molar refractivity (Wildman–Crippen MR) is 97.6 cm³/mol. The van der Waals surface area contributed by atoms with Gasteiger partial charge in [0.2, 0.25) is 0 Å². The minimum atomic E-state index is -3.38. The number of rotatable bonds is 5. The van der Waals surface area contributed by atoms with Gasteiger partial charge in [-0.2, -0.15) is 0 Å². The van der Waals surface area contributed by atoms with Crippen molar-refractivity contribution in [1.82, 2.24) is 10.2 Å². The molecule has 1 amide bonds. The standard InChI is InChI=1S/C18H21N3O3S/c1-14(15-5-3-2-4-6-15)9-10-19-18(22)16-7-8-17-20-25(23,24)12-11-21(17)13-16/h2-8,13-14H,9-12H2,1H3,(H,19,22)/t14-/m1/s1. The van der Waals surface area contributed by atoms with Crippen molar-refractivity contribution in [2.24, 2.45) is 4.40 Å². The Kier molecular flexibility index (Phi) is 5.03. The van der Waals surface area contributed by atoms with Crippen LogP contribution < -0.4 is 5.32 Å². The number of nitrogens with one attached hydrogen (secondary N) is 1. The Bertz CT molecular complexity index is 842. The maximum Gasteiger partial charge on any atom is 0.256 e. The van der Waals surface area contributed by atoms with E-state index in [1.165, 1.54) is 5.56 Å². The van der Waals surface area contributed by atoms with Gasteiger partial charge in [0.05, 0.1) is 11.3 Å². The van der Waals surface area contributed by atoms with E-state index in [1.54, 1.807) is 23.3 Å². The van der Waals surface area contributed by atoms with Crippen LogP contribution in [-0.4, -0.2) is 43.9 Å². The van der Waals surface area contributed by atoms with Gasteiger partial charge < -0.3 is 10.2 Å². The van der Waals surface area contributed by atoms with E-state index < -0.39 is 10.0 Å². The molecular formula is C18H21N3O3S. The van der Waals surface area contributed by atoms with E-state index in [0.29, 0.717) is 30.4 Å². The Morgan fingerprint density at radius 1 is 1.28 bits per heavy atom. The summed E-state index contributed by atoms with van der Waals surface area (Å²) in [4.78, 5) is 14.0. The Labute approximate surface area is 148 Å². The third kappa shape index (κ3) is 4.36. The molecule has 2 aliphatic heterocycles. The number of hydrogen-bond donors (Lipinski definition) is 1. The molecule has 2 heterocycles. The summed E-state index contributed by atoms with van der Waals surface area (Å²) < 4.78 is 26.7. The van der Waals surface area contributed by atoms with E-state index in [4.69, 9.17) is 0 Å². The number of nitrogens with zero attached hydrogens (tertiary/aromatic N) is 2. The van der Waals surface area contributed by atoms with E-state index in [1.807, 2.05) is 18.2 Å². The lowest BCUT2D eigenvalue weighted by atomic mass is 9.98. The minimum Gasteiger partial charge on any atom is -0.352 e. The molecule has 0 saturated heterocycles. The molecule has 7 heteroatoms. The van der Waals surface area contributed by atoms with Gasteiger partial charge in [0.1, 0.15) is 5.84 Å². The largest absolute Gasteiger partial charge is 0.352 e. The third-order valence-electron chi connectivity index (χ3n) is 4.32. The summed E-state index contributed by atoms with van der Waals surface area (Å²) in [5, 5.41) is 2.92. The van der Waals surface area contributed by atoms with Crippen LogP contribution in [0.1, 0.15) is 24.8 Å². The maximum atomic E-state index is 12.3. The van der Waals surface area contributed by atoms with E-state index in [9.17, 15) is 13.2 Å². The van der Waals surface area contributed by atoms with Gasteiger partial charge in [-0.3, -0.25) is 4.79 Å². The quantitative estimate of drug-likeness (QED) is 0.869. The molecule has 132 valence electrons. The first-order valence-electron chi connectivity index (χ1n) is 8.27. The minimum absolute atomic E-state index is 0.0374. The molecule has 2 aliphatic rings. The highest BCUT2D eigenvalue weighted by Gasteiger charge is 2.24. The summed E-state index contributed by atoms with van der Waals surface area (Å²) in [6.07, 6.45) is 5.68. The van der Waals surface area contributed by atoms with Crippen LogP contribution in [0.2, 0.25) is 0 Å². The fraction of sp³-hybridized carbons (Fsp3) is 0.333. The van der Waals surface area contributed by atoms with Crippen LogP contribution in [0.4, 0.5) is 0 Å². The Hall–Kier alpha value is -2.41. The van der Waals surface area contributed by atoms with E-state index in [0.717, 1.165) is 6.42 Å². The van der Waals surface area contributed by atoms with Crippen molar-refractivity contribution in [2.45, 2.75) is 19.3 Å². The topological polar surface area (TPSA) is 78.8 Å². The molecule has 1 atom stereocenters. The second-order valence-corrected chi connectivity index (χ2v) is 7.96. The van der Waals surface area contributed by atoms with Crippen LogP contribution >= 0.6 is 0 Å². The lowest BCUT2D eigenvalue weighted by molar-refractivity contribution is -0.117. The summed E-state index contributed by atoms with van der Waals surface area (Å²) in [5.41, 5.74) is 1.76. The lowest BCUT2D eigenvalue weighted by Gasteiger charge is -2.27. The highest BCUT2D eigenvalue weighted by atomic mass is 32.2. The molecule has 3 rings (SSSR count). The van der Waals surface area contributed by atoms with Crippen LogP contribution in [0.3, 0.4) is 0 Å². The molecule has 0 radical (unpaired) electrons. The molecule has 6 nitrogen and oxygen atoms in total. The molecule has 0 bridgehead atoms. The number of amidine groups is 1. The number of fused-ring (bicyclic) bond motifs is 1. The fourth-order valence-electron chi connectivity index (χ4n) is 2.79. The predicted octanol–water partition coefficient (Wildman–Crippen LogP) is 1.79.